The molecule has 2 aromatic rings. The molecule has 0 bridgehead atoms. The van der Waals surface area contributed by atoms with Gasteiger partial charge in [-0.2, -0.15) is 5.26 Å². The number of likely N-dealkylation sites (N-methyl/N-ethyl adjacent to an activating group) is 1. The highest BCUT2D eigenvalue weighted by Crippen LogP contribution is 2.38. The normalized spacial score (nSPS) is 15.2. The van der Waals surface area contributed by atoms with Crippen molar-refractivity contribution in [3.63, 3.8) is 0 Å². The van der Waals surface area contributed by atoms with E-state index in [2.05, 4.69) is 20.8 Å². The van der Waals surface area contributed by atoms with Gasteiger partial charge in [-0.05, 0) is 44.2 Å². The summed E-state index contributed by atoms with van der Waals surface area (Å²) in [7, 11) is 3.94. The standard InChI is InChI=1S/C18H23N5O2/c1-22(11-17-20-21-18(23(17)2)14-5-6-14)10-15(24)12-25-16-7-3-13(9-19)4-8-16/h3-4,7-8,14-15,24H,5-6,10-12H2,1-2H3. The van der Waals surface area contributed by atoms with E-state index in [4.69, 9.17) is 10.00 Å². The van der Waals surface area contributed by atoms with E-state index < -0.39 is 6.10 Å². The molecule has 1 aliphatic rings. The summed E-state index contributed by atoms with van der Waals surface area (Å²) in [6.45, 7) is 1.30. The van der Waals surface area contributed by atoms with Gasteiger partial charge in [0.05, 0.1) is 18.2 Å². The molecule has 132 valence electrons. The molecular formula is C18H23N5O2. The average molecular weight is 341 g/mol. The number of rotatable bonds is 8. The molecule has 0 aliphatic heterocycles. The fraction of sp³-hybridized carbons (Fsp3) is 0.500. The van der Waals surface area contributed by atoms with Gasteiger partial charge in [-0.25, -0.2) is 0 Å². The van der Waals surface area contributed by atoms with Crippen LogP contribution in [0.2, 0.25) is 0 Å². The number of nitrogens with zero attached hydrogens (tertiary/aromatic N) is 5. The molecule has 7 heteroatoms. The van der Waals surface area contributed by atoms with Gasteiger partial charge in [-0.1, -0.05) is 0 Å². The third-order valence-corrected chi connectivity index (χ3v) is 4.30. The van der Waals surface area contributed by atoms with E-state index in [1.165, 1.54) is 12.8 Å². The zero-order chi connectivity index (χ0) is 17.8. The molecule has 1 aromatic heterocycles. The van der Waals surface area contributed by atoms with Crippen LogP contribution in [0.5, 0.6) is 5.75 Å². The van der Waals surface area contributed by atoms with Crippen molar-refractivity contribution in [2.45, 2.75) is 31.4 Å². The van der Waals surface area contributed by atoms with Gasteiger partial charge in [-0.3, -0.25) is 4.90 Å². The Kier molecular flexibility index (Phi) is 5.31. The van der Waals surface area contributed by atoms with Crippen molar-refractivity contribution in [2.75, 3.05) is 20.2 Å². The topological polar surface area (TPSA) is 87.2 Å². The molecule has 1 aliphatic carbocycles. The number of nitriles is 1. The Morgan fingerprint density at radius 2 is 2.08 bits per heavy atom. The second-order valence-corrected chi connectivity index (χ2v) is 6.61. The van der Waals surface area contributed by atoms with Crippen molar-refractivity contribution in [3.8, 4) is 11.8 Å². The second kappa shape index (κ2) is 7.64. The number of benzene rings is 1. The second-order valence-electron chi connectivity index (χ2n) is 6.61. The first-order valence-electron chi connectivity index (χ1n) is 8.44. The highest BCUT2D eigenvalue weighted by molar-refractivity contribution is 5.34. The number of aliphatic hydroxyl groups is 1. The summed E-state index contributed by atoms with van der Waals surface area (Å²) in [6.07, 6.45) is 1.79. The number of aromatic nitrogens is 3. The van der Waals surface area contributed by atoms with Crippen LogP contribution in [0.15, 0.2) is 24.3 Å². The van der Waals surface area contributed by atoms with Crippen LogP contribution < -0.4 is 4.74 Å². The summed E-state index contributed by atoms with van der Waals surface area (Å²) in [6, 6.07) is 8.91. The molecule has 1 saturated carbocycles. The quantitative estimate of drug-likeness (QED) is 0.782. The SMILES string of the molecule is CN(Cc1nnc(C2CC2)n1C)CC(O)COc1ccc(C#N)cc1. The van der Waals surface area contributed by atoms with Crippen LogP contribution >= 0.6 is 0 Å². The molecule has 1 aromatic carbocycles. The van der Waals surface area contributed by atoms with Gasteiger partial charge >= 0.3 is 0 Å². The maximum absolute atomic E-state index is 10.2. The van der Waals surface area contributed by atoms with Gasteiger partial charge in [0.2, 0.25) is 0 Å². The first-order valence-corrected chi connectivity index (χ1v) is 8.44. The van der Waals surface area contributed by atoms with Gasteiger partial charge in [0.1, 0.15) is 30.1 Å². The van der Waals surface area contributed by atoms with Gasteiger partial charge in [0, 0.05) is 19.5 Å². The van der Waals surface area contributed by atoms with Crippen molar-refractivity contribution >= 4 is 0 Å². The summed E-state index contributed by atoms with van der Waals surface area (Å²) in [4.78, 5) is 2.01. The predicted octanol–water partition coefficient (Wildman–Crippen LogP) is 1.44. The highest BCUT2D eigenvalue weighted by atomic mass is 16.5. The zero-order valence-corrected chi connectivity index (χ0v) is 14.6. The summed E-state index contributed by atoms with van der Waals surface area (Å²) in [5.74, 6) is 3.18. The monoisotopic (exact) mass is 341 g/mol. The van der Waals surface area contributed by atoms with E-state index in [0.29, 0.717) is 30.3 Å². The zero-order valence-electron chi connectivity index (χ0n) is 14.6. The van der Waals surface area contributed by atoms with Crippen LogP contribution in [0.1, 0.15) is 36.0 Å². The molecule has 1 heterocycles. The van der Waals surface area contributed by atoms with E-state index in [9.17, 15) is 5.11 Å². The van der Waals surface area contributed by atoms with Crippen LogP contribution in [0, 0.1) is 11.3 Å². The summed E-state index contributed by atoms with van der Waals surface area (Å²) < 4.78 is 7.63. The maximum Gasteiger partial charge on any atom is 0.146 e. The lowest BCUT2D eigenvalue weighted by Gasteiger charge is -2.20. The first kappa shape index (κ1) is 17.4. The molecule has 1 atom stereocenters. The molecule has 1 unspecified atom stereocenters. The lowest BCUT2D eigenvalue weighted by atomic mass is 10.2. The predicted molar refractivity (Wildman–Crippen MR) is 92.0 cm³/mol. The lowest BCUT2D eigenvalue weighted by Crippen LogP contribution is -2.33. The minimum Gasteiger partial charge on any atom is -0.491 e. The minimum atomic E-state index is -0.614. The third kappa shape index (κ3) is 4.56. The van der Waals surface area contributed by atoms with Crippen molar-refractivity contribution in [3.05, 3.63) is 41.5 Å². The lowest BCUT2D eigenvalue weighted by molar-refractivity contribution is 0.0734. The Morgan fingerprint density at radius 3 is 2.72 bits per heavy atom. The van der Waals surface area contributed by atoms with Crippen molar-refractivity contribution < 1.29 is 9.84 Å². The smallest absolute Gasteiger partial charge is 0.146 e. The molecule has 25 heavy (non-hydrogen) atoms. The van der Waals surface area contributed by atoms with E-state index in [1.54, 1.807) is 24.3 Å². The molecule has 0 saturated heterocycles. The third-order valence-electron chi connectivity index (χ3n) is 4.30. The molecule has 1 fully saturated rings. The minimum absolute atomic E-state index is 0.197. The molecule has 0 spiro atoms. The molecule has 0 radical (unpaired) electrons. The Morgan fingerprint density at radius 1 is 1.36 bits per heavy atom. The average Bonchev–Trinajstić information content (AvgIpc) is 3.39. The Bertz CT molecular complexity index is 746. The van der Waals surface area contributed by atoms with Gasteiger partial charge in [-0.15, -0.1) is 10.2 Å². The molecule has 3 rings (SSSR count). The van der Waals surface area contributed by atoms with E-state index in [0.717, 1.165) is 11.6 Å². The van der Waals surface area contributed by atoms with Crippen LogP contribution in [-0.4, -0.2) is 51.1 Å². The Balaban J connectivity index is 1.45. The number of ether oxygens (including phenoxy) is 1. The van der Waals surface area contributed by atoms with Gasteiger partial charge in [0.15, 0.2) is 0 Å². The summed E-state index contributed by atoms with van der Waals surface area (Å²) in [5.41, 5.74) is 0.585. The van der Waals surface area contributed by atoms with Crippen LogP contribution in [0.3, 0.4) is 0 Å². The molecule has 0 amide bonds. The first-order chi connectivity index (χ1) is 12.1. The van der Waals surface area contributed by atoms with E-state index in [1.807, 2.05) is 19.0 Å². The van der Waals surface area contributed by atoms with Crippen LogP contribution in [-0.2, 0) is 13.6 Å². The maximum atomic E-state index is 10.2. The van der Waals surface area contributed by atoms with E-state index in [-0.39, 0.29) is 6.61 Å². The number of aliphatic hydroxyl groups excluding tert-OH is 1. The Hall–Kier alpha value is -2.43. The summed E-state index contributed by atoms with van der Waals surface area (Å²) in [5, 5.41) is 27.5. The van der Waals surface area contributed by atoms with Crippen molar-refractivity contribution in [1.82, 2.24) is 19.7 Å². The fourth-order valence-corrected chi connectivity index (χ4v) is 2.75. The summed E-state index contributed by atoms with van der Waals surface area (Å²) >= 11 is 0. The van der Waals surface area contributed by atoms with E-state index >= 15 is 0 Å². The van der Waals surface area contributed by atoms with Gasteiger partial charge in [0.25, 0.3) is 0 Å². The number of hydrogen-bond acceptors (Lipinski definition) is 6. The van der Waals surface area contributed by atoms with Crippen LogP contribution in [0.25, 0.3) is 0 Å². The largest absolute Gasteiger partial charge is 0.491 e. The van der Waals surface area contributed by atoms with Gasteiger partial charge < -0.3 is 14.4 Å². The van der Waals surface area contributed by atoms with Crippen molar-refractivity contribution in [1.29, 1.82) is 5.26 Å². The molecule has 1 N–H and O–H groups in total. The number of hydrogen-bond donors (Lipinski definition) is 1. The molecular weight excluding hydrogens is 318 g/mol. The highest BCUT2D eigenvalue weighted by Gasteiger charge is 2.29. The van der Waals surface area contributed by atoms with Crippen molar-refractivity contribution in [2.24, 2.45) is 7.05 Å². The molecule has 7 nitrogen and oxygen atoms in total. The fourth-order valence-electron chi connectivity index (χ4n) is 2.75. The Labute approximate surface area is 147 Å². The van der Waals surface area contributed by atoms with Crippen LogP contribution in [0.4, 0.5) is 0 Å².